The van der Waals surface area contributed by atoms with Gasteiger partial charge in [-0.25, -0.2) is 18.7 Å². The Morgan fingerprint density at radius 3 is 2.52 bits per heavy atom. The van der Waals surface area contributed by atoms with Crippen molar-refractivity contribution in [2.24, 2.45) is 0 Å². The Kier molecular flexibility index (Phi) is 7.89. The van der Waals surface area contributed by atoms with E-state index in [0.717, 1.165) is 36.5 Å². The zero-order valence-electron chi connectivity index (χ0n) is 22.5. The molecule has 1 unspecified atom stereocenters. The highest BCUT2D eigenvalue weighted by Crippen LogP contribution is 2.34. The van der Waals surface area contributed by atoms with Crippen LogP contribution in [0.1, 0.15) is 43.2 Å². The molecule has 3 heterocycles. The normalized spacial score (nSPS) is 19.6. The lowest BCUT2D eigenvalue weighted by molar-refractivity contribution is -0.158. The highest BCUT2D eigenvalue weighted by atomic mass is 19.3. The van der Waals surface area contributed by atoms with Gasteiger partial charge in [0.2, 0.25) is 11.9 Å². The van der Waals surface area contributed by atoms with Crippen LogP contribution < -0.4 is 10.1 Å². The standard InChI is InChI=1S/C29H31F2N7O2/c1-19(39)38-14-11-26(29(30,31)17-38)40-25-8-5-22(15-23(25)16-32)27-33-18-34-28(36-27)35-24-6-3-20(4-7-24)21-9-12-37(2)13-10-21/h3-8,15,18,21,26H,9-14,17H2,1-2H3,(H,33,34,35,36). The summed E-state index contributed by atoms with van der Waals surface area (Å²) in [5.74, 6) is -2.37. The molecule has 40 heavy (non-hydrogen) atoms. The number of ether oxygens (including phenoxy) is 1. The Morgan fingerprint density at radius 2 is 1.85 bits per heavy atom. The van der Waals surface area contributed by atoms with E-state index in [1.54, 1.807) is 6.07 Å². The van der Waals surface area contributed by atoms with E-state index in [-0.39, 0.29) is 24.3 Å². The van der Waals surface area contributed by atoms with Crippen molar-refractivity contribution in [2.45, 2.75) is 44.1 Å². The van der Waals surface area contributed by atoms with E-state index < -0.39 is 24.5 Å². The summed E-state index contributed by atoms with van der Waals surface area (Å²) in [6.07, 6.45) is 2.18. The number of rotatable bonds is 6. The second-order valence-corrected chi connectivity index (χ2v) is 10.4. The van der Waals surface area contributed by atoms with Crippen LogP contribution in [0.15, 0.2) is 48.8 Å². The van der Waals surface area contributed by atoms with Gasteiger partial charge in [-0.15, -0.1) is 0 Å². The van der Waals surface area contributed by atoms with E-state index in [2.05, 4.69) is 44.3 Å². The van der Waals surface area contributed by atoms with Crippen LogP contribution in [-0.2, 0) is 4.79 Å². The molecule has 5 rings (SSSR count). The van der Waals surface area contributed by atoms with Gasteiger partial charge in [-0.3, -0.25) is 4.79 Å². The number of amides is 1. The molecule has 3 aromatic rings. The number of nitrogens with zero attached hydrogens (tertiary/aromatic N) is 6. The molecule has 2 aliphatic rings. The van der Waals surface area contributed by atoms with Crippen molar-refractivity contribution >= 4 is 17.5 Å². The van der Waals surface area contributed by atoms with Gasteiger partial charge in [-0.2, -0.15) is 10.2 Å². The van der Waals surface area contributed by atoms with Gasteiger partial charge < -0.3 is 19.9 Å². The molecule has 0 bridgehead atoms. The summed E-state index contributed by atoms with van der Waals surface area (Å²) in [6, 6.07) is 14.9. The van der Waals surface area contributed by atoms with Crippen molar-refractivity contribution in [3.8, 4) is 23.2 Å². The second-order valence-electron chi connectivity index (χ2n) is 10.4. The number of piperidine rings is 2. The molecule has 0 radical (unpaired) electrons. The van der Waals surface area contributed by atoms with Crippen molar-refractivity contribution in [3.05, 3.63) is 59.9 Å². The number of hydrogen-bond donors (Lipinski definition) is 1. The monoisotopic (exact) mass is 547 g/mol. The number of benzene rings is 2. The zero-order chi connectivity index (χ0) is 28.3. The van der Waals surface area contributed by atoms with Crippen LogP contribution in [-0.4, -0.2) is 75.9 Å². The fourth-order valence-electron chi connectivity index (χ4n) is 5.15. The van der Waals surface area contributed by atoms with Gasteiger partial charge in [0.25, 0.3) is 0 Å². The number of likely N-dealkylation sites (tertiary alicyclic amines) is 2. The van der Waals surface area contributed by atoms with Gasteiger partial charge in [-0.05, 0) is 74.8 Å². The lowest BCUT2D eigenvalue weighted by Gasteiger charge is -2.37. The highest BCUT2D eigenvalue weighted by Gasteiger charge is 2.47. The molecule has 208 valence electrons. The molecule has 2 fully saturated rings. The summed E-state index contributed by atoms with van der Waals surface area (Å²) < 4.78 is 34.9. The van der Waals surface area contributed by atoms with Crippen LogP contribution >= 0.6 is 0 Å². The minimum Gasteiger partial charge on any atom is -0.483 e. The molecule has 2 aliphatic heterocycles. The van der Waals surface area contributed by atoms with Crippen molar-refractivity contribution < 1.29 is 18.3 Å². The Balaban J connectivity index is 1.27. The van der Waals surface area contributed by atoms with E-state index in [1.165, 1.54) is 30.9 Å². The topological polar surface area (TPSA) is 107 Å². The van der Waals surface area contributed by atoms with E-state index in [4.69, 9.17) is 4.74 Å². The molecular weight excluding hydrogens is 516 g/mol. The number of nitriles is 1. The van der Waals surface area contributed by atoms with Crippen molar-refractivity contribution in [1.29, 1.82) is 5.26 Å². The smallest absolute Gasteiger partial charge is 0.301 e. The average molecular weight is 548 g/mol. The number of hydrogen-bond acceptors (Lipinski definition) is 8. The summed E-state index contributed by atoms with van der Waals surface area (Å²) in [6.45, 7) is 2.92. The van der Waals surface area contributed by atoms with Crippen molar-refractivity contribution in [1.82, 2.24) is 24.8 Å². The highest BCUT2D eigenvalue weighted by molar-refractivity contribution is 5.73. The van der Waals surface area contributed by atoms with E-state index in [0.29, 0.717) is 23.3 Å². The Labute approximate surface area is 231 Å². The maximum Gasteiger partial charge on any atom is 0.301 e. The predicted octanol–water partition coefficient (Wildman–Crippen LogP) is 4.60. The summed E-state index contributed by atoms with van der Waals surface area (Å²) >= 11 is 0. The number of aromatic nitrogens is 3. The molecule has 0 saturated carbocycles. The molecule has 2 saturated heterocycles. The maximum absolute atomic E-state index is 14.7. The van der Waals surface area contributed by atoms with E-state index in [9.17, 15) is 18.8 Å². The molecule has 9 nitrogen and oxygen atoms in total. The van der Waals surface area contributed by atoms with Gasteiger partial charge in [0.15, 0.2) is 11.9 Å². The summed E-state index contributed by atoms with van der Waals surface area (Å²) in [4.78, 5) is 27.9. The molecule has 1 N–H and O–H groups in total. The van der Waals surface area contributed by atoms with Gasteiger partial charge >= 0.3 is 5.92 Å². The van der Waals surface area contributed by atoms with E-state index in [1.807, 2.05) is 18.2 Å². The molecule has 1 aromatic heterocycles. The fraction of sp³-hybridized carbons (Fsp3) is 0.414. The minimum atomic E-state index is -3.24. The largest absolute Gasteiger partial charge is 0.483 e. The van der Waals surface area contributed by atoms with Crippen LogP contribution in [0.2, 0.25) is 0 Å². The zero-order valence-corrected chi connectivity index (χ0v) is 22.5. The number of carbonyl (C=O) groups excluding carboxylic acids is 1. The van der Waals surface area contributed by atoms with E-state index >= 15 is 0 Å². The first-order chi connectivity index (χ1) is 19.2. The SMILES string of the molecule is CC(=O)N1CCC(Oc2ccc(-c3ncnc(Nc4ccc(C5CCN(C)CC5)cc4)n3)cc2C#N)C(F)(F)C1. The second kappa shape index (κ2) is 11.5. The Bertz CT molecular complexity index is 1400. The molecule has 2 aromatic carbocycles. The first-order valence-electron chi connectivity index (χ1n) is 13.3. The maximum atomic E-state index is 14.7. The molecule has 0 spiro atoms. The number of carbonyl (C=O) groups is 1. The number of alkyl halides is 2. The van der Waals surface area contributed by atoms with Crippen LogP contribution in [0.5, 0.6) is 5.75 Å². The van der Waals surface area contributed by atoms with Gasteiger partial charge in [0.05, 0.1) is 12.1 Å². The third-order valence-corrected chi connectivity index (χ3v) is 7.54. The number of anilines is 2. The average Bonchev–Trinajstić information content (AvgIpc) is 2.95. The summed E-state index contributed by atoms with van der Waals surface area (Å²) in [5, 5.41) is 12.9. The van der Waals surface area contributed by atoms with Crippen LogP contribution in [0.4, 0.5) is 20.4 Å². The fourth-order valence-corrected chi connectivity index (χ4v) is 5.15. The van der Waals surface area contributed by atoms with Crippen molar-refractivity contribution in [3.63, 3.8) is 0 Å². The first kappa shape index (κ1) is 27.4. The van der Waals surface area contributed by atoms with Gasteiger partial charge in [0.1, 0.15) is 18.1 Å². The third kappa shape index (κ3) is 6.18. The Morgan fingerprint density at radius 1 is 1.10 bits per heavy atom. The van der Waals surface area contributed by atoms with Crippen LogP contribution in [0, 0.1) is 11.3 Å². The molecule has 1 atom stereocenters. The van der Waals surface area contributed by atoms with Crippen LogP contribution in [0.3, 0.4) is 0 Å². The molecule has 11 heteroatoms. The number of halogens is 2. The van der Waals surface area contributed by atoms with Crippen molar-refractivity contribution in [2.75, 3.05) is 38.5 Å². The molecule has 0 aliphatic carbocycles. The minimum absolute atomic E-state index is 0.0410. The first-order valence-corrected chi connectivity index (χ1v) is 13.3. The molecular formula is C29H31F2N7O2. The van der Waals surface area contributed by atoms with Gasteiger partial charge in [-0.1, -0.05) is 12.1 Å². The quantitative estimate of drug-likeness (QED) is 0.477. The third-order valence-electron chi connectivity index (χ3n) is 7.54. The summed E-state index contributed by atoms with van der Waals surface area (Å²) in [7, 11) is 2.15. The van der Waals surface area contributed by atoms with Gasteiger partial charge in [0, 0.05) is 31.1 Å². The van der Waals surface area contributed by atoms with Crippen LogP contribution in [0.25, 0.3) is 11.4 Å². The molecule has 1 amide bonds. The lowest BCUT2D eigenvalue weighted by Crippen LogP contribution is -2.54. The number of nitrogens with one attached hydrogen (secondary N) is 1. The Hall–Kier alpha value is -4.17. The predicted molar refractivity (Wildman–Crippen MR) is 145 cm³/mol. The summed E-state index contributed by atoms with van der Waals surface area (Å²) in [5.41, 5.74) is 2.77. The lowest BCUT2D eigenvalue weighted by atomic mass is 9.89.